The summed E-state index contributed by atoms with van der Waals surface area (Å²) < 4.78 is 0. The molecule has 0 bridgehead atoms. The first-order valence-electron chi connectivity index (χ1n) is 6.44. The third-order valence-corrected chi connectivity index (χ3v) is 3.05. The van der Waals surface area contributed by atoms with Crippen LogP contribution in [0.1, 0.15) is 18.1 Å². The van der Waals surface area contributed by atoms with Crippen molar-refractivity contribution < 1.29 is 4.79 Å². The Balaban J connectivity index is 1.95. The van der Waals surface area contributed by atoms with Crippen LogP contribution in [0.4, 0.5) is 0 Å². The van der Waals surface area contributed by atoms with Gasteiger partial charge in [0.15, 0.2) is 0 Å². The molecule has 1 aromatic carbocycles. The zero-order valence-corrected chi connectivity index (χ0v) is 11.1. The lowest BCUT2D eigenvalue weighted by molar-refractivity contribution is -0.129. The highest BCUT2D eigenvalue weighted by Crippen LogP contribution is 2.06. The average molecular weight is 254 g/mol. The molecule has 3 nitrogen and oxygen atoms in total. The lowest BCUT2D eigenvalue weighted by Crippen LogP contribution is -2.30. The maximum absolute atomic E-state index is 11.7. The predicted molar refractivity (Wildman–Crippen MR) is 75.5 cm³/mol. The maximum atomic E-state index is 11.7. The third kappa shape index (κ3) is 4.21. The zero-order valence-electron chi connectivity index (χ0n) is 11.1. The van der Waals surface area contributed by atoms with E-state index in [9.17, 15) is 4.79 Å². The molecule has 0 aliphatic rings. The van der Waals surface area contributed by atoms with Crippen LogP contribution >= 0.6 is 0 Å². The normalized spacial score (nSPS) is 10.2. The van der Waals surface area contributed by atoms with Crippen LogP contribution in [0.25, 0.3) is 0 Å². The molecule has 0 aliphatic heterocycles. The summed E-state index contributed by atoms with van der Waals surface area (Å²) in [5.41, 5.74) is 2.31. The fourth-order valence-corrected chi connectivity index (χ4v) is 1.97. The van der Waals surface area contributed by atoms with E-state index in [1.165, 1.54) is 5.56 Å². The molecular weight excluding hydrogens is 236 g/mol. The fourth-order valence-electron chi connectivity index (χ4n) is 1.97. The number of hydrogen-bond acceptors (Lipinski definition) is 2. The van der Waals surface area contributed by atoms with Crippen LogP contribution in [0.3, 0.4) is 0 Å². The molecule has 0 saturated heterocycles. The quantitative estimate of drug-likeness (QED) is 0.822. The number of benzene rings is 1. The molecule has 98 valence electrons. The first-order chi connectivity index (χ1) is 9.25. The number of nitrogens with zero attached hydrogens (tertiary/aromatic N) is 2. The Morgan fingerprint density at radius 2 is 1.84 bits per heavy atom. The molecule has 19 heavy (non-hydrogen) atoms. The summed E-state index contributed by atoms with van der Waals surface area (Å²) in [7, 11) is 0. The van der Waals surface area contributed by atoms with Crippen LogP contribution in [0.2, 0.25) is 0 Å². The minimum absolute atomic E-state index is 0.0970. The second-order valence-corrected chi connectivity index (χ2v) is 4.54. The van der Waals surface area contributed by atoms with Gasteiger partial charge in [-0.2, -0.15) is 0 Å². The van der Waals surface area contributed by atoms with Crippen molar-refractivity contribution in [1.82, 2.24) is 9.88 Å². The van der Waals surface area contributed by atoms with Crippen molar-refractivity contribution in [2.45, 2.75) is 19.9 Å². The standard InChI is InChI=1S/C16H18N2O/c1-14(19)18(13-16-8-5-10-17-12-16)11-9-15-6-3-2-4-7-15/h2-8,10,12H,9,11,13H2,1H3. The van der Waals surface area contributed by atoms with E-state index in [2.05, 4.69) is 17.1 Å². The van der Waals surface area contributed by atoms with Gasteiger partial charge in [0.1, 0.15) is 0 Å². The van der Waals surface area contributed by atoms with Gasteiger partial charge in [-0.1, -0.05) is 36.4 Å². The SMILES string of the molecule is CC(=O)N(CCc1ccccc1)Cc1cccnc1. The minimum Gasteiger partial charge on any atom is -0.338 e. The lowest BCUT2D eigenvalue weighted by Gasteiger charge is -2.21. The second kappa shape index (κ2) is 6.69. The summed E-state index contributed by atoms with van der Waals surface area (Å²) in [6, 6.07) is 14.1. The zero-order chi connectivity index (χ0) is 13.5. The Labute approximate surface area is 113 Å². The average Bonchev–Trinajstić information content (AvgIpc) is 2.45. The largest absolute Gasteiger partial charge is 0.338 e. The molecule has 0 saturated carbocycles. The lowest BCUT2D eigenvalue weighted by atomic mass is 10.1. The summed E-state index contributed by atoms with van der Waals surface area (Å²) in [5, 5.41) is 0. The number of rotatable bonds is 5. The molecule has 1 aromatic heterocycles. The van der Waals surface area contributed by atoms with E-state index in [1.54, 1.807) is 19.3 Å². The van der Waals surface area contributed by atoms with Gasteiger partial charge in [-0.3, -0.25) is 9.78 Å². The monoisotopic (exact) mass is 254 g/mol. The van der Waals surface area contributed by atoms with Crippen LogP contribution in [-0.2, 0) is 17.8 Å². The highest BCUT2D eigenvalue weighted by Gasteiger charge is 2.09. The third-order valence-electron chi connectivity index (χ3n) is 3.05. The van der Waals surface area contributed by atoms with E-state index in [-0.39, 0.29) is 5.91 Å². The van der Waals surface area contributed by atoms with Gasteiger partial charge < -0.3 is 4.90 Å². The van der Waals surface area contributed by atoms with Gasteiger partial charge in [-0.05, 0) is 23.6 Å². The molecule has 3 heteroatoms. The highest BCUT2D eigenvalue weighted by atomic mass is 16.2. The van der Waals surface area contributed by atoms with Gasteiger partial charge in [-0.15, -0.1) is 0 Å². The first kappa shape index (κ1) is 13.3. The van der Waals surface area contributed by atoms with Crippen molar-refractivity contribution in [1.29, 1.82) is 0 Å². The molecular formula is C16H18N2O. The summed E-state index contributed by atoms with van der Waals surface area (Å²) >= 11 is 0. The minimum atomic E-state index is 0.0970. The number of amides is 1. The van der Waals surface area contributed by atoms with Gasteiger partial charge in [0.25, 0.3) is 0 Å². The van der Waals surface area contributed by atoms with Gasteiger partial charge >= 0.3 is 0 Å². The summed E-state index contributed by atoms with van der Waals surface area (Å²) in [4.78, 5) is 17.6. The summed E-state index contributed by atoms with van der Waals surface area (Å²) in [6.07, 6.45) is 4.42. The Hall–Kier alpha value is -2.16. The van der Waals surface area contributed by atoms with Gasteiger partial charge in [-0.25, -0.2) is 0 Å². The Morgan fingerprint density at radius 1 is 1.11 bits per heavy atom. The van der Waals surface area contributed by atoms with Crippen molar-refractivity contribution in [2.24, 2.45) is 0 Å². The summed E-state index contributed by atoms with van der Waals surface area (Å²) in [5.74, 6) is 0.0970. The molecule has 1 amide bonds. The topological polar surface area (TPSA) is 33.2 Å². The number of carbonyl (C=O) groups excluding carboxylic acids is 1. The Kier molecular flexibility index (Phi) is 4.67. The second-order valence-electron chi connectivity index (χ2n) is 4.54. The van der Waals surface area contributed by atoms with E-state index < -0.39 is 0 Å². The molecule has 1 heterocycles. The van der Waals surface area contributed by atoms with Gasteiger partial charge in [0, 0.05) is 32.4 Å². The van der Waals surface area contributed by atoms with Crippen molar-refractivity contribution in [3.63, 3.8) is 0 Å². The van der Waals surface area contributed by atoms with E-state index >= 15 is 0 Å². The number of hydrogen-bond donors (Lipinski definition) is 0. The molecule has 0 unspecified atom stereocenters. The van der Waals surface area contributed by atoms with Crippen LogP contribution < -0.4 is 0 Å². The summed E-state index contributed by atoms with van der Waals surface area (Å²) in [6.45, 7) is 2.96. The molecule has 0 spiro atoms. The van der Waals surface area contributed by atoms with Crippen LogP contribution in [-0.4, -0.2) is 22.3 Å². The van der Waals surface area contributed by atoms with Crippen molar-refractivity contribution in [2.75, 3.05) is 6.54 Å². The highest BCUT2D eigenvalue weighted by molar-refractivity contribution is 5.73. The molecule has 0 N–H and O–H groups in total. The first-order valence-corrected chi connectivity index (χ1v) is 6.44. The van der Waals surface area contributed by atoms with E-state index in [4.69, 9.17) is 0 Å². The molecule has 2 aromatic rings. The Bertz CT molecular complexity index is 511. The number of carbonyl (C=O) groups is 1. The van der Waals surface area contributed by atoms with E-state index in [1.807, 2.05) is 35.2 Å². The molecule has 0 atom stereocenters. The molecule has 0 fully saturated rings. The van der Waals surface area contributed by atoms with E-state index in [0.29, 0.717) is 6.54 Å². The predicted octanol–water partition coefficient (Wildman–Crippen LogP) is 2.67. The van der Waals surface area contributed by atoms with Crippen LogP contribution in [0.5, 0.6) is 0 Å². The Morgan fingerprint density at radius 3 is 2.47 bits per heavy atom. The van der Waals surface area contributed by atoms with Crippen molar-refractivity contribution in [3.05, 3.63) is 66.0 Å². The van der Waals surface area contributed by atoms with Crippen molar-refractivity contribution in [3.8, 4) is 0 Å². The van der Waals surface area contributed by atoms with Crippen LogP contribution in [0, 0.1) is 0 Å². The van der Waals surface area contributed by atoms with Gasteiger partial charge in [0.2, 0.25) is 5.91 Å². The maximum Gasteiger partial charge on any atom is 0.219 e. The molecule has 0 radical (unpaired) electrons. The fraction of sp³-hybridized carbons (Fsp3) is 0.250. The van der Waals surface area contributed by atoms with Crippen molar-refractivity contribution >= 4 is 5.91 Å². The van der Waals surface area contributed by atoms with Gasteiger partial charge in [0.05, 0.1) is 0 Å². The van der Waals surface area contributed by atoms with E-state index in [0.717, 1.165) is 18.5 Å². The smallest absolute Gasteiger partial charge is 0.219 e. The molecule has 0 aliphatic carbocycles. The molecule has 2 rings (SSSR count). The number of pyridine rings is 1. The van der Waals surface area contributed by atoms with Crippen LogP contribution in [0.15, 0.2) is 54.9 Å². The number of aromatic nitrogens is 1.